The fourth-order valence-corrected chi connectivity index (χ4v) is 4.32. The van der Waals surface area contributed by atoms with Crippen LogP contribution in [-0.2, 0) is 10.0 Å². The van der Waals surface area contributed by atoms with Gasteiger partial charge in [-0.25, -0.2) is 8.42 Å². The lowest BCUT2D eigenvalue weighted by Crippen LogP contribution is -2.44. The number of benzene rings is 1. The van der Waals surface area contributed by atoms with E-state index in [0.717, 1.165) is 19.3 Å². The third-order valence-corrected chi connectivity index (χ3v) is 5.67. The van der Waals surface area contributed by atoms with Crippen LogP contribution in [0.15, 0.2) is 29.2 Å². The number of nitrogens with zero attached hydrogens (tertiary/aromatic N) is 1. The normalized spacial score (nSPS) is 21.5. The van der Waals surface area contributed by atoms with E-state index in [1.54, 1.807) is 12.1 Å². The number of rotatable bonds is 4. The molecule has 2 rings (SSSR count). The molecule has 1 aliphatic heterocycles. The monoisotopic (exact) mass is 303 g/mol. The smallest absolute Gasteiger partial charge is 0.243 e. The molecular formula is C13H18ClNO3S. The van der Waals surface area contributed by atoms with Crippen molar-refractivity contribution in [2.75, 3.05) is 13.2 Å². The molecule has 1 aliphatic rings. The lowest BCUT2D eigenvalue weighted by molar-refractivity contribution is 0.192. The number of piperidine rings is 1. The highest BCUT2D eigenvalue weighted by Crippen LogP contribution is 2.27. The highest BCUT2D eigenvalue weighted by atomic mass is 35.5. The number of aliphatic hydroxyl groups is 1. The van der Waals surface area contributed by atoms with Gasteiger partial charge in [-0.2, -0.15) is 4.31 Å². The van der Waals surface area contributed by atoms with Crippen molar-refractivity contribution in [3.8, 4) is 0 Å². The molecule has 0 bridgehead atoms. The average molecular weight is 304 g/mol. The van der Waals surface area contributed by atoms with E-state index in [0.29, 0.717) is 18.0 Å². The Kier molecular flexibility index (Phi) is 4.84. The van der Waals surface area contributed by atoms with Gasteiger partial charge in [-0.15, -0.1) is 0 Å². The van der Waals surface area contributed by atoms with Crippen molar-refractivity contribution in [1.82, 2.24) is 4.31 Å². The Labute approximate surface area is 119 Å². The zero-order valence-corrected chi connectivity index (χ0v) is 12.2. The average Bonchev–Trinajstić information content (AvgIpc) is 2.40. The molecule has 4 nitrogen and oxygen atoms in total. The first-order valence-corrected chi connectivity index (χ1v) is 8.26. The van der Waals surface area contributed by atoms with Crippen LogP contribution in [0, 0.1) is 0 Å². The quantitative estimate of drug-likeness (QED) is 0.928. The van der Waals surface area contributed by atoms with Crippen molar-refractivity contribution in [2.24, 2.45) is 0 Å². The number of halogens is 1. The summed E-state index contributed by atoms with van der Waals surface area (Å²) in [6, 6.07) is 6.13. The van der Waals surface area contributed by atoms with Gasteiger partial charge in [0.15, 0.2) is 0 Å². The lowest BCUT2D eigenvalue weighted by Gasteiger charge is -2.34. The summed E-state index contributed by atoms with van der Waals surface area (Å²) < 4.78 is 26.7. The maximum atomic E-state index is 12.6. The minimum absolute atomic E-state index is 0.0112. The first-order chi connectivity index (χ1) is 9.05. The van der Waals surface area contributed by atoms with Crippen LogP contribution in [0.3, 0.4) is 0 Å². The van der Waals surface area contributed by atoms with Gasteiger partial charge in [-0.05, 0) is 43.5 Å². The minimum atomic E-state index is -3.49. The second-order valence-electron chi connectivity index (χ2n) is 4.73. The number of hydrogen-bond donors (Lipinski definition) is 1. The summed E-state index contributed by atoms with van der Waals surface area (Å²) >= 11 is 5.78. The van der Waals surface area contributed by atoms with E-state index in [1.165, 1.54) is 16.4 Å². The molecular weight excluding hydrogens is 286 g/mol. The standard InChI is InChI=1S/C13H18ClNO3S/c14-11-4-6-13(7-5-11)19(17,18)15-9-2-1-3-12(15)8-10-16/h4-7,12,16H,1-3,8-10H2/t12-/m1/s1. The summed E-state index contributed by atoms with van der Waals surface area (Å²) in [7, 11) is -3.49. The molecule has 6 heteroatoms. The Morgan fingerprint density at radius 2 is 1.95 bits per heavy atom. The molecule has 106 valence electrons. The van der Waals surface area contributed by atoms with Crippen LogP contribution >= 0.6 is 11.6 Å². The van der Waals surface area contributed by atoms with Gasteiger partial charge in [0.1, 0.15) is 0 Å². The number of sulfonamides is 1. The van der Waals surface area contributed by atoms with E-state index in [2.05, 4.69) is 0 Å². The summed E-state index contributed by atoms with van der Waals surface area (Å²) in [6.45, 7) is 0.535. The van der Waals surface area contributed by atoms with Gasteiger partial charge in [0.2, 0.25) is 10.0 Å². The summed E-state index contributed by atoms with van der Waals surface area (Å²) in [5.41, 5.74) is 0. The third kappa shape index (κ3) is 3.28. The molecule has 19 heavy (non-hydrogen) atoms. The van der Waals surface area contributed by atoms with Crippen molar-refractivity contribution in [1.29, 1.82) is 0 Å². The second kappa shape index (κ2) is 6.22. The van der Waals surface area contributed by atoms with Gasteiger partial charge in [0.25, 0.3) is 0 Å². The van der Waals surface area contributed by atoms with Crippen LogP contribution in [0.25, 0.3) is 0 Å². The molecule has 1 saturated heterocycles. The second-order valence-corrected chi connectivity index (χ2v) is 7.06. The van der Waals surface area contributed by atoms with Crippen LogP contribution in [0.4, 0.5) is 0 Å². The zero-order valence-electron chi connectivity index (χ0n) is 10.6. The highest BCUT2D eigenvalue weighted by molar-refractivity contribution is 7.89. The van der Waals surface area contributed by atoms with Crippen LogP contribution in [0.1, 0.15) is 25.7 Å². The molecule has 0 spiro atoms. The highest BCUT2D eigenvalue weighted by Gasteiger charge is 2.32. The minimum Gasteiger partial charge on any atom is -0.396 e. The first-order valence-electron chi connectivity index (χ1n) is 6.44. The van der Waals surface area contributed by atoms with Gasteiger partial charge in [-0.3, -0.25) is 0 Å². The van der Waals surface area contributed by atoms with E-state index in [9.17, 15) is 8.42 Å². The molecule has 1 aromatic carbocycles. The Morgan fingerprint density at radius 3 is 2.58 bits per heavy atom. The van der Waals surface area contributed by atoms with Gasteiger partial charge in [0, 0.05) is 24.2 Å². The Morgan fingerprint density at radius 1 is 1.26 bits per heavy atom. The number of hydrogen-bond acceptors (Lipinski definition) is 3. The van der Waals surface area contributed by atoms with E-state index in [1.807, 2.05) is 0 Å². The zero-order chi connectivity index (χ0) is 13.9. The molecule has 0 saturated carbocycles. The Hall–Kier alpha value is -0.620. The largest absolute Gasteiger partial charge is 0.396 e. The maximum absolute atomic E-state index is 12.6. The molecule has 0 aromatic heterocycles. The van der Waals surface area contributed by atoms with Crippen LogP contribution in [-0.4, -0.2) is 37.0 Å². The fraction of sp³-hybridized carbons (Fsp3) is 0.538. The van der Waals surface area contributed by atoms with E-state index >= 15 is 0 Å². The van der Waals surface area contributed by atoms with Crippen molar-refractivity contribution >= 4 is 21.6 Å². The molecule has 1 heterocycles. The fourth-order valence-electron chi connectivity index (χ4n) is 2.47. The molecule has 0 radical (unpaired) electrons. The predicted molar refractivity (Wildman–Crippen MR) is 74.7 cm³/mol. The summed E-state index contributed by atoms with van der Waals surface area (Å²) in [4.78, 5) is 0.265. The Bertz CT molecular complexity index is 513. The molecule has 1 fully saturated rings. The van der Waals surface area contributed by atoms with E-state index in [4.69, 9.17) is 16.7 Å². The van der Waals surface area contributed by atoms with Gasteiger partial charge in [0.05, 0.1) is 4.90 Å². The topological polar surface area (TPSA) is 57.6 Å². The first kappa shape index (κ1) is 14.8. The molecule has 0 unspecified atom stereocenters. The lowest BCUT2D eigenvalue weighted by atomic mass is 10.0. The summed E-state index contributed by atoms with van der Waals surface area (Å²) in [6.07, 6.45) is 3.19. The van der Waals surface area contributed by atoms with Crippen molar-refractivity contribution in [3.63, 3.8) is 0 Å². The van der Waals surface area contributed by atoms with Crippen LogP contribution in [0.5, 0.6) is 0 Å². The van der Waals surface area contributed by atoms with Crippen molar-refractivity contribution < 1.29 is 13.5 Å². The van der Waals surface area contributed by atoms with Crippen molar-refractivity contribution in [3.05, 3.63) is 29.3 Å². The van der Waals surface area contributed by atoms with Crippen LogP contribution < -0.4 is 0 Å². The maximum Gasteiger partial charge on any atom is 0.243 e. The SMILES string of the molecule is O=S(=O)(c1ccc(Cl)cc1)N1CCCC[C@@H]1CCO. The van der Waals surface area contributed by atoms with Gasteiger partial charge in [-0.1, -0.05) is 18.0 Å². The third-order valence-electron chi connectivity index (χ3n) is 3.46. The van der Waals surface area contributed by atoms with E-state index < -0.39 is 10.0 Å². The predicted octanol–water partition coefficient (Wildman–Crippen LogP) is 2.27. The van der Waals surface area contributed by atoms with Gasteiger partial charge >= 0.3 is 0 Å². The number of aliphatic hydroxyl groups excluding tert-OH is 1. The molecule has 1 N–H and O–H groups in total. The molecule has 1 aromatic rings. The molecule has 1 atom stereocenters. The van der Waals surface area contributed by atoms with Crippen LogP contribution in [0.2, 0.25) is 5.02 Å². The molecule has 0 amide bonds. The van der Waals surface area contributed by atoms with E-state index in [-0.39, 0.29) is 17.5 Å². The van der Waals surface area contributed by atoms with Gasteiger partial charge < -0.3 is 5.11 Å². The summed E-state index contributed by atoms with van der Waals surface area (Å²) in [5.74, 6) is 0. The van der Waals surface area contributed by atoms with Crippen molar-refractivity contribution in [2.45, 2.75) is 36.6 Å². The Balaban J connectivity index is 2.28. The molecule has 0 aliphatic carbocycles. The summed E-state index contributed by atoms with van der Waals surface area (Å²) in [5, 5.41) is 9.59.